The lowest BCUT2D eigenvalue weighted by molar-refractivity contribution is 0.0953. The van der Waals surface area contributed by atoms with Crippen LogP contribution in [0.25, 0.3) is 0 Å². The molecule has 0 fully saturated rings. The lowest BCUT2D eigenvalue weighted by atomic mass is 10.1. The molecule has 2 aromatic carbocycles. The van der Waals surface area contributed by atoms with Crippen LogP contribution >= 0.6 is 0 Å². The third kappa shape index (κ3) is 7.48. The number of nitrogens with zero attached hydrogens (tertiary/aromatic N) is 3. The average Bonchev–Trinajstić information content (AvgIpc) is 2.72. The Balaban J connectivity index is 1.78. The molecular weight excluding hydrogens is 352 g/mol. The predicted octanol–water partition coefficient (Wildman–Crippen LogP) is 5.10. The van der Waals surface area contributed by atoms with Gasteiger partial charge in [0.05, 0.1) is 11.4 Å². The van der Waals surface area contributed by atoms with Crippen molar-refractivity contribution in [2.45, 2.75) is 25.7 Å². The van der Waals surface area contributed by atoms with E-state index >= 15 is 0 Å². The van der Waals surface area contributed by atoms with E-state index < -0.39 is 0 Å². The molecule has 6 nitrogen and oxygen atoms in total. The SMILES string of the molecule is COCCCCCCNC(=O)c1ccc(/N=N/c2ccc(N(C)C)cc2)cc1. The number of unbranched alkanes of at least 4 members (excludes halogenated alkanes) is 3. The molecule has 150 valence electrons. The Labute approximate surface area is 167 Å². The summed E-state index contributed by atoms with van der Waals surface area (Å²) in [5.74, 6) is -0.0559. The molecule has 0 heterocycles. The van der Waals surface area contributed by atoms with Crippen LogP contribution in [0.1, 0.15) is 36.0 Å². The van der Waals surface area contributed by atoms with Gasteiger partial charge in [0.15, 0.2) is 0 Å². The van der Waals surface area contributed by atoms with Crippen molar-refractivity contribution in [3.05, 3.63) is 54.1 Å². The molecule has 0 radical (unpaired) electrons. The topological polar surface area (TPSA) is 66.3 Å². The van der Waals surface area contributed by atoms with E-state index in [0.29, 0.717) is 17.8 Å². The minimum absolute atomic E-state index is 0.0559. The number of hydrogen-bond acceptors (Lipinski definition) is 5. The molecule has 28 heavy (non-hydrogen) atoms. The van der Waals surface area contributed by atoms with Crippen LogP contribution in [0.3, 0.4) is 0 Å². The summed E-state index contributed by atoms with van der Waals surface area (Å²) < 4.78 is 5.02. The van der Waals surface area contributed by atoms with E-state index in [-0.39, 0.29) is 5.91 Å². The first kappa shape index (κ1) is 21.6. The molecule has 0 saturated heterocycles. The minimum atomic E-state index is -0.0559. The lowest BCUT2D eigenvalue weighted by Crippen LogP contribution is -2.24. The quantitative estimate of drug-likeness (QED) is 0.434. The number of carbonyl (C=O) groups excluding carboxylic acids is 1. The van der Waals surface area contributed by atoms with Gasteiger partial charge in [-0.15, -0.1) is 0 Å². The molecule has 2 aromatic rings. The van der Waals surface area contributed by atoms with Crippen molar-refractivity contribution in [1.29, 1.82) is 0 Å². The highest BCUT2D eigenvalue weighted by atomic mass is 16.5. The van der Waals surface area contributed by atoms with E-state index in [2.05, 4.69) is 15.5 Å². The van der Waals surface area contributed by atoms with Crippen LogP contribution < -0.4 is 10.2 Å². The Hall–Kier alpha value is -2.73. The molecule has 0 aromatic heterocycles. The molecule has 0 spiro atoms. The Morgan fingerprint density at radius 2 is 1.46 bits per heavy atom. The van der Waals surface area contributed by atoms with Crippen LogP contribution in [0.2, 0.25) is 0 Å². The second kappa shape index (κ2) is 11.9. The summed E-state index contributed by atoms with van der Waals surface area (Å²) in [4.78, 5) is 14.2. The van der Waals surface area contributed by atoms with Crippen LogP contribution in [-0.2, 0) is 4.74 Å². The molecule has 0 aliphatic carbocycles. The van der Waals surface area contributed by atoms with Gasteiger partial charge in [-0.3, -0.25) is 4.79 Å². The van der Waals surface area contributed by atoms with Crippen LogP contribution in [0.5, 0.6) is 0 Å². The van der Waals surface area contributed by atoms with Gasteiger partial charge in [0.25, 0.3) is 5.91 Å². The number of carbonyl (C=O) groups is 1. The fraction of sp³-hybridized carbons (Fsp3) is 0.409. The largest absolute Gasteiger partial charge is 0.385 e. The molecule has 0 bridgehead atoms. The second-order valence-electron chi connectivity index (χ2n) is 6.82. The zero-order chi connectivity index (χ0) is 20.2. The Morgan fingerprint density at radius 3 is 2.04 bits per heavy atom. The van der Waals surface area contributed by atoms with Gasteiger partial charge in [-0.25, -0.2) is 0 Å². The molecule has 2 rings (SSSR count). The fourth-order valence-corrected chi connectivity index (χ4v) is 2.64. The summed E-state index contributed by atoms with van der Waals surface area (Å²) in [5.41, 5.74) is 3.25. The van der Waals surface area contributed by atoms with Crippen LogP contribution in [0.4, 0.5) is 17.1 Å². The molecule has 0 saturated carbocycles. The molecule has 0 atom stereocenters. The molecule has 0 aliphatic rings. The smallest absolute Gasteiger partial charge is 0.251 e. The van der Waals surface area contributed by atoms with Gasteiger partial charge in [0, 0.05) is 45.6 Å². The van der Waals surface area contributed by atoms with Crippen molar-refractivity contribution in [2.75, 3.05) is 39.3 Å². The zero-order valence-corrected chi connectivity index (χ0v) is 17.0. The molecule has 1 N–H and O–H groups in total. The van der Waals surface area contributed by atoms with Gasteiger partial charge in [0.2, 0.25) is 0 Å². The van der Waals surface area contributed by atoms with Crippen molar-refractivity contribution in [3.63, 3.8) is 0 Å². The van der Waals surface area contributed by atoms with Crippen LogP contribution in [0.15, 0.2) is 58.8 Å². The number of amides is 1. The van der Waals surface area contributed by atoms with Crippen molar-refractivity contribution >= 4 is 23.0 Å². The maximum atomic E-state index is 12.2. The van der Waals surface area contributed by atoms with Gasteiger partial charge in [-0.1, -0.05) is 12.8 Å². The highest BCUT2D eigenvalue weighted by Gasteiger charge is 2.04. The van der Waals surface area contributed by atoms with E-state index in [1.54, 1.807) is 31.4 Å². The summed E-state index contributed by atoms with van der Waals surface area (Å²) in [6.45, 7) is 1.49. The molecule has 0 aliphatic heterocycles. The van der Waals surface area contributed by atoms with E-state index in [9.17, 15) is 4.79 Å². The number of azo groups is 1. The first-order valence-electron chi connectivity index (χ1n) is 9.66. The van der Waals surface area contributed by atoms with E-state index in [1.165, 1.54) is 0 Å². The summed E-state index contributed by atoms with van der Waals surface area (Å²) in [6, 6.07) is 15.0. The van der Waals surface area contributed by atoms with E-state index in [4.69, 9.17) is 4.74 Å². The third-order valence-electron chi connectivity index (χ3n) is 4.34. The second-order valence-corrected chi connectivity index (χ2v) is 6.82. The highest BCUT2D eigenvalue weighted by molar-refractivity contribution is 5.94. The summed E-state index contributed by atoms with van der Waals surface area (Å²) in [7, 11) is 5.71. The highest BCUT2D eigenvalue weighted by Crippen LogP contribution is 2.21. The maximum absolute atomic E-state index is 12.2. The van der Waals surface area contributed by atoms with E-state index in [0.717, 1.165) is 43.7 Å². The Bertz CT molecular complexity index is 740. The molecule has 1 amide bonds. The number of methoxy groups -OCH3 is 1. The Morgan fingerprint density at radius 1 is 0.893 bits per heavy atom. The molecular formula is C22H30N4O2. The van der Waals surface area contributed by atoms with Crippen LogP contribution in [0, 0.1) is 0 Å². The minimum Gasteiger partial charge on any atom is -0.385 e. The fourth-order valence-electron chi connectivity index (χ4n) is 2.64. The first-order chi connectivity index (χ1) is 13.6. The van der Waals surface area contributed by atoms with Gasteiger partial charge < -0.3 is 15.0 Å². The summed E-state index contributed by atoms with van der Waals surface area (Å²) >= 11 is 0. The third-order valence-corrected chi connectivity index (χ3v) is 4.34. The number of anilines is 1. The number of benzene rings is 2. The van der Waals surface area contributed by atoms with Gasteiger partial charge in [-0.05, 0) is 61.4 Å². The van der Waals surface area contributed by atoms with Crippen molar-refractivity contribution in [1.82, 2.24) is 5.32 Å². The zero-order valence-electron chi connectivity index (χ0n) is 17.0. The monoisotopic (exact) mass is 382 g/mol. The van der Waals surface area contributed by atoms with E-state index in [1.807, 2.05) is 43.3 Å². The number of nitrogens with one attached hydrogen (secondary N) is 1. The number of rotatable bonds is 11. The van der Waals surface area contributed by atoms with Crippen molar-refractivity contribution in [3.8, 4) is 0 Å². The number of ether oxygens (including phenoxy) is 1. The average molecular weight is 383 g/mol. The predicted molar refractivity (Wildman–Crippen MR) is 114 cm³/mol. The lowest BCUT2D eigenvalue weighted by Gasteiger charge is -2.11. The number of hydrogen-bond donors (Lipinski definition) is 1. The Kier molecular flexibility index (Phi) is 9.15. The molecule has 6 heteroatoms. The maximum Gasteiger partial charge on any atom is 0.251 e. The van der Waals surface area contributed by atoms with Crippen molar-refractivity contribution < 1.29 is 9.53 Å². The first-order valence-corrected chi connectivity index (χ1v) is 9.66. The van der Waals surface area contributed by atoms with Gasteiger partial charge in [0.1, 0.15) is 0 Å². The standard InChI is InChI=1S/C22H30N4O2/c1-26(2)21-14-12-20(13-15-21)25-24-19-10-8-18(9-11-19)22(27)23-16-6-4-5-7-17-28-3/h8-15H,4-7,16-17H2,1-3H3,(H,23,27)/b25-24+. The molecule has 0 unspecified atom stereocenters. The normalized spacial score (nSPS) is 11.0. The summed E-state index contributed by atoms with van der Waals surface area (Å²) in [5, 5.41) is 11.4. The van der Waals surface area contributed by atoms with Crippen molar-refractivity contribution in [2.24, 2.45) is 10.2 Å². The van der Waals surface area contributed by atoms with Crippen LogP contribution in [-0.4, -0.2) is 40.3 Å². The van der Waals surface area contributed by atoms with Gasteiger partial charge >= 0.3 is 0 Å². The summed E-state index contributed by atoms with van der Waals surface area (Å²) in [6.07, 6.45) is 4.27. The van der Waals surface area contributed by atoms with Gasteiger partial charge in [-0.2, -0.15) is 10.2 Å².